The van der Waals surface area contributed by atoms with Gasteiger partial charge in [-0.05, 0) is 31.0 Å². The minimum Gasteiger partial charge on any atom is -0.399 e. The average molecular weight is 278 g/mol. The van der Waals surface area contributed by atoms with E-state index in [4.69, 9.17) is 5.73 Å². The number of nitrogens with zero attached hydrogens (tertiary/aromatic N) is 2. The fourth-order valence-electron chi connectivity index (χ4n) is 1.64. The van der Waals surface area contributed by atoms with Gasteiger partial charge in [0.2, 0.25) is 11.0 Å². The summed E-state index contributed by atoms with van der Waals surface area (Å²) in [6.07, 6.45) is 1.84. The summed E-state index contributed by atoms with van der Waals surface area (Å²) in [7, 11) is 0. The molecule has 1 aromatic carbocycles. The quantitative estimate of drug-likeness (QED) is 0.844. The summed E-state index contributed by atoms with van der Waals surface area (Å²) in [5, 5.41) is 11.2. The second-order valence-electron chi connectivity index (χ2n) is 4.42. The van der Waals surface area contributed by atoms with Crippen LogP contribution < -0.4 is 11.1 Å². The zero-order chi connectivity index (χ0) is 13.4. The highest BCUT2D eigenvalue weighted by atomic mass is 32.1. The molecule has 1 aliphatic carbocycles. The predicted molar refractivity (Wildman–Crippen MR) is 71.1 cm³/mol. The van der Waals surface area contributed by atoms with Crippen LogP contribution in [0.15, 0.2) is 18.2 Å². The van der Waals surface area contributed by atoms with Gasteiger partial charge in [-0.25, -0.2) is 4.39 Å². The third kappa shape index (κ3) is 2.55. The van der Waals surface area contributed by atoms with Gasteiger partial charge in [-0.2, -0.15) is 0 Å². The number of aromatic nitrogens is 2. The first-order valence-electron chi connectivity index (χ1n) is 5.83. The standard InChI is InChI=1S/C12H11FN4OS/c13-9-4-3-7(14)5-8(9)11-16-17-12(19-11)15-10(18)6-1-2-6/h3-6H,1-2,14H2,(H,15,17,18). The van der Waals surface area contributed by atoms with Crippen LogP contribution in [0, 0.1) is 11.7 Å². The fourth-order valence-corrected chi connectivity index (χ4v) is 2.41. The van der Waals surface area contributed by atoms with E-state index in [0.717, 1.165) is 24.2 Å². The van der Waals surface area contributed by atoms with Crippen molar-refractivity contribution in [2.75, 3.05) is 11.1 Å². The summed E-state index contributed by atoms with van der Waals surface area (Å²) in [5.74, 6) is -0.363. The van der Waals surface area contributed by atoms with Gasteiger partial charge >= 0.3 is 0 Å². The first kappa shape index (κ1) is 12.0. The zero-order valence-electron chi connectivity index (χ0n) is 9.89. The van der Waals surface area contributed by atoms with Gasteiger partial charge < -0.3 is 11.1 Å². The zero-order valence-corrected chi connectivity index (χ0v) is 10.7. The van der Waals surface area contributed by atoms with Crippen molar-refractivity contribution in [1.82, 2.24) is 10.2 Å². The number of nitrogens with one attached hydrogen (secondary N) is 1. The molecule has 1 aliphatic rings. The molecule has 3 N–H and O–H groups in total. The third-order valence-corrected chi connectivity index (χ3v) is 3.70. The lowest BCUT2D eigenvalue weighted by molar-refractivity contribution is -0.117. The molecule has 2 aromatic rings. The summed E-state index contributed by atoms with van der Waals surface area (Å²) in [6.45, 7) is 0. The number of anilines is 2. The molecule has 0 spiro atoms. The van der Waals surface area contributed by atoms with Gasteiger partial charge in [-0.1, -0.05) is 11.3 Å². The lowest BCUT2D eigenvalue weighted by Gasteiger charge is -1.99. The largest absolute Gasteiger partial charge is 0.399 e. The van der Waals surface area contributed by atoms with Crippen LogP contribution in [0.2, 0.25) is 0 Å². The van der Waals surface area contributed by atoms with Gasteiger partial charge in [0.15, 0.2) is 5.01 Å². The van der Waals surface area contributed by atoms with E-state index in [1.807, 2.05) is 0 Å². The summed E-state index contributed by atoms with van der Waals surface area (Å²) in [6, 6.07) is 4.27. The molecule has 5 nitrogen and oxygen atoms in total. The van der Waals surface area contributed by atoms with E-state index in [9.17, 15) is 9.18 Å². The number of halogens is 1. The topological polar surface area (TPSA) is 80.9 Å². The molecule has 0 atom stereocenters. The maximum absolute atomic E-state index is 13.7. The van der Waals surface area contributed by atoms with Crippen molar-refractivity contribution >= 4 is 28.1 Å². The van der Waals surface area contributed by atoms with Gasteiger partial charge in [-0.3, -0.25) is 4.79 Å². The van der Waals surface area contributed by atoms with Crippen molar-refractivity contribution in [1.29, 1.82) is 0 Å². The minimum atomic E-state index is -0.412. The molecule has 0 aliphatic heterocycles. The normalized spacial score (nSPS) is 14.4. The monoisotopic (exact) mass is 278 g/mol. The maximum atomic E-state index is 13.7. The van der Waals surface area contributed by atoms with Crippen molar-refractivity contribution in [3.05, 3.63) is 24.0 Å². The Balaban J connectivity index is 1.83. The number of benzene rings is 1. The number of hydrogen-bond acceptors (Lipinski definition) is 5. The van der Waals surface area contributed by atoms with E-state index >= 15 is 0 Å². The number of nitrogens with two attached hydrogens (primary N) is 1. The number of nitrogen functional groups attached to an aromatic ring is 1. The lowest BCUT2D eigenvalue weighted by Crippen LogP contribution is -2.12. The second kappa shape index (κ2) is 4.58. The molecule has 0 radical (unpaired) electrons. The summed E-state index contributed by atoms with van der Waals surface area (Å²) < 4.78 is 13.7. The summed E-state index contributed by atoms with van der Waals surface area (Å²) >= 11 is 1.13. The molecule has 1 heterocycles. The molecule has 0 unspecified atom stereocenters. The molecular formula is C12H11FN4OS. The Kier molecular flexibility index (Phi) is 2.90. The maximum Gasteiger partial charge on any atom is 0.229 e. The van der Waals surface area contributed by atoms with Crippen LogP contribution >= 0.6 is 11.3 Å². The van der Waals surface area contributed by atoms with Crippen LogP contribution in [-0.4, -0.2) is 16.1 Å². The van der Waals surface area contributed by atoms with Gasteiger partial charge in [0.25, 0.3) is 0 Å². The third-order valence-electron chi connectivity index (χ3n) is 2.82. The predicted octanol–water partition coefficient (Wildman–Crippen LogP) is 2.27. The van der Waals surface area contributed by atoms with E-state index in [2.05, 4.69) is 15.5 Å². The Morgan fingerprint density at radius 3 is 2.95 bits per heavy atom. The Morgan fingerprint density at radius 2 is 2.21 bits per heavy atom. The number of rotatable bonds is 3. The van der Waals surface area contributed by atoms with Crippen molar-refractivity contribution in [3.8, 4) is 10.6 Å². The number of carbonyl (C=O) groups is 1. The molecule has 1 amide bonds. The van der Waals surface area contributed by atoms with E-state index in [1.165, 1.54) is 18.2 Å². The van der Waals surface area contributed by atoms with Crippen LogP contribution in [0.25, 0.3) is 10.6 Å². The second-order valence-corrected chi connectivity index (χ2v) is 5.39. The van der Waals surface area contributed by atoms with Crippen molar-refractivity contribution in [3.63, 3.8) is 0 Å². The molecule has 7 heteroatoms. The van der Waals surface area contributed by atoms with E-state index in [1.54, 1.807) is 0 Å². The first-order chi connectivity index (χ1) is 9.13. The smallest absolute Gasteiger partial charge is 0.229 e. The SMILES string of the molecule is Nc1ccc(F)c(-c2nnc(NC(=O)C3CC3)s2)c1. The Labute approximate surface area is 112 Å². The van der Waals surface area contributed by atoms with Crippen molar-refractivity contribution in [2.24, 2.45) is 5.92 Å². The molecule has 1 fully saturated rings. The summed E-state index contributed by atoms with van der Waals surface area (Å²) in [4.78, 5) is 11.6. The van der Waals surface area contributed by atoms with Crippen LogP contribution in [0.5, 0.6) is 0 Å². The van der Waals surface area contributed by atoms with E-state index in [0.29, 0.717) is 21.4 Å². The van der Waals surface area contributed by atoms with Gasteiger partial charge in [0.1, 0.15) is 5.82 Å². The van der Waals surface area contributed by atoms with Gasteiger partial charge in [0.05, 0.1) is 5.56 Å². The van der Waals surface area contributed by atoms with Crippen LogP contribution in [0.3, 0.4) is 0 Å². The molecule has 19 heavy (non-hydrogen) atoms. The van der Waals surface area contributed by atoms with Crippen LogP contribution in [0.1, 0.15) is 12.8 Å². The summed E-state index contributed by atoms with van der Waals surface area (Å²) in [5.41, 5.74) is 6.37. The molecule has 98 valence electrons. The fraction of sp³-hybridized carbons (Fsp3) is 0.250. The van der Waals surface area contributed by atoms with E-state index in [-0.39, 0.29) is 11.8 Å². The Morgan fingerprint density at radius 1 is 1.42 bits per heavy atom. The molecule has 3 rings (SSSR count). The molecule has 1 aromatic heterocycles. The van der Waals surface area contributed by atoms with Gasteiger partial charge in [0, 0.05) is 11.6 Å². The van der Waals surface area contributed by atoms with Crippen molar-refractivity contribution < 1.29 is 9.18 Å². The number of amides is 1. The molecule has 0 saturated heterocycles. The molecule has 0 bridgehead atoms. The average Bonchev–Trinajstić information content (AvgIpc) is 3.14. The highest BCUT2D eigenvalue weighted by molar-refractivity contribution is 7.18. The number of carbonyl (C=O) groups excluding carboxylic acids is 1. The molecule has 1 saturated carbocycles. The highest BCUT2D eigenvalue weighted by Gasteiger charge is 2.30. The number of hydrogen-bond donors (Lipinski definition) is 2. The van der Waals surface area contributed by atoms with Gasteiger partial charge in [-0.15, -0.1) is 10.2 Å². The Hall–Kier alpha value is -2.02. The molecular weight excluding hydrogens is 267 g/mol. The van der Waals surface area contributed by atoms with Crippen LogP contribution in [0.4, 0.5) is 15.2 Å². The first-order valence-corrected chi connectivity index (χ1v) is 6.65. The highest BCUT2D eigenvalue weighted by Crippen LogP contribution is 2.33. The minimum absolute atomic E-state index is 0.0456. The lowest BCUT2D eigenvalue weighted by atomic mass is 10.2. The van der Waals surface area contributed by atoms with Crippen molar-refractivity contribution in [2.45, 2.75) is 12.8 Å². The van der Waals surface area contributed by atoms with Crippen LogP contribution in [-0.2, 0) is 4.79 Å². The van der Waals surface area contributed by atoms with E-state index < -0.39 is 5.82 Å². The Bertz CT molecular complexity index is 638.